The Morgan fingerprint density at radius 2 is 2.20 bits per heavy atom. The van der Waals surface area contributed by atoms with Crippen LogP contribution in [-0.2, 0) is 0 Å². The summed E-state index contributed by atoms with van der Waals surface area (Å²) in [4.78, 5) is 7.73. The minimum absolute atomic E-state index is 0.625. The fourth-order valence-electron chi connectivity index (χ4n) is 1.51. The molecule has 0 unspecified atom stereocenters. The minimum Gasteiger partial charge on any atom is -0.356 e. The molecule has 80 valence electrons. The van der Waals surface area contributed by atoms with Gasteiger partial charge in [-0.1, -0.05) is 19.9 Å². The molecule has 1 heterocycles. The number of aromatic amines is 1. The highest BCUT2D eigenvalue weighted by Crippen LogP contribution is 2.15. The second-order valence-corrected chi connectivity index (χ2v) is 4.38. The molecule has 0 aliphatic rings. The van der Waals surface area contributed by atoms with Gasteiger partial charge in [0.2, 0.25) is 5.95 Å². The minimum atomic E-state index is 0.625. The van der Waals surface area contributed by atoms with Crippen LogP contribution in [0.3, 0.4) is 0 Å². The summed E-state index contributed by atoms with van der Waals surface area (Å²) in [7, 11) is 0. The first-order chi connectivity index (χ1) is 7.15. The van der Waals surface area contributed by atoms with Gasteiger partial charge in [0.1, 0.15) is 0 Å². The molecule has 0 saturated heterocycles. The zero-order valence-corrected chi connectivity index (χ0v) is 9.46. The van der Waals surface area contributed by atoms with Gasteiger partial charge < -0.3 is 10.3 Å². The van der Waals surface area contributed by atoms with E-state index in [9.17, 15) is 0 Å². The van der Waals surface area contributed by atoms with Gasteiger partial charge >= 0.3 is 0 Å². The van der Waals surface area contributed by atoms with Gasteiger partial charge in [0, 0.05) is 6.54 Å². The number of aromatic nitrogens is 2. The molecular formula is C12H17N3. The predicted octanol–water partition coefficient (Wildman–Crippen LogP) is 2.94. The lowest BCUT2D eigenvalue weighted by Gasteiger charge is -2.04. The van der Waals surface area contributed by atoms with Gasteiger partial charge in [0.15, 0.2) is 0 Å². The Kier molecular flexibility index (Phi) is 2.62. The fourth-order valence-corrected chi connectivity index (χ4v) is 1.51. The highest BCUT2D eigenvalue weighted by molar-refractivity contribution is 5.78. The van der Waals surface area contributed by atoms with E-state index in [1.165, 1.54) is 5.56 Å². The van der Waals surface area contributed by atoms with Crippen LogP contribution in [0.1, 0.15) is 19.4 Å². The molecule has 2 aromatic rings. The van der Waals surface area contributed by atoms with Crippen molar-refractivity contribution in [3.05, 3.63) is 23.8 Å². The van der Waals surface area contributed by atoms with Crippen molar-refractivity contribution in [2.45, 2.75) is 20.8 Å². The van der Waals surface area contributed by atoms with E-state index >= 15 is 0 Å². The lowest BCUT2D eigenvalue weighted by atomic mass is 10.2. The highest BCUT2D eigenvalue weighted by Gasteiger charge is 2.02. The highest BCUT2D eigenvalue weighted by atomic mass is 15.1. The monoisotopic (exact) mass is 203 g/mol. The van der Waals surface area contributed by atoms with Gasteiger partial charge in [-0.05, 0) is 30.5 Å². The SMILES string of the molecule is Cc1ccc2nc(NCC(C)C)[nH]c2c1. The summed E-state index contributed by atoms with van der Waals surface area (Å²) in [6, 6.07) is 6.24. The van der Waals surface area contributed by atoms with Crippen molar-refractivity contribution in [1.82, 2.24) is 9.97 Å². The van der Waals surface area contributed by atoms with E-state index in [0.29, 0.717) is 5.92 Å². The van der Waals surface area contributed by atoms with Crippen molar-refractivity contribution in [3.8, 4) is 0 Å². The van der Waals surface area contributed by atoms with Crippen molar-refractivity contribution in [1.29, 1.82) is 0 Å². The number of nitrogens with zero attached hydrogens (tertiary/aromatic N) is 1. The molecule has 15 heavy (non-hydrogen) atoms. The van der Waals surface area contributed by atoms with E-state index in [-0.39, 0.29) is 0 Å². The van der Waals surface area contributed by atoms with Crippen LogP contribution in [0.4, 0.5) is 5.95 Å². The van der Waals surface area contributed by atoms with Crippen molar-refractivity contribution in [3.63, 3.8) is 0 Å². The van der Waals surface area contributed by atoms with Gasteiger partial charge in [0.25, 0.3) is 0 Å². The van der Waals surface area contributed by atoms with Gasteiger partial charge in [0.05, 0.1) is 11.0 Å². The third-order valence-electron chi connectivity index (χ3n) is 2.32. The molecule has 0 saturated carbocycles. The molecule has 0 atom stereocenters. The van der Waals surface area contributed by atoms with Crippen molar-refractivity contribution >= 4 is 17.0 Å². The van der Waals surface area contributed by atoms with Crippen LogP contribution >= 0.6 is 0 Å². The summed E-state index contributed by atoms with van der Waals surface area (Å²) >= 11 is 0. The number of rotatable bonds is 3. The summed E-state index contributed by atoms with van der Waals surface area (Å²) in [6.07, 6.45) is 0. The zero-order valence-electron chi connectivity index (χ0n) is 9.46. The van der Waals surface area contributed by atoms with Crippen LogP contribution in [0.5, 0.6) is 0 Å². The predicted molar refractivity (Wildman–Crippen MR) is 64.2 cm³/mol. The second kappa shape index (κ2) is 3.93. The molecular weight excluding hydrogens is 186 g/mol. The van der Waals surface area contributed by atoms with Crippen molar-refractivity contribution in [2.75, 3.05) is 11.9 Å². The summed E-state index contributed by atoms with van der Waals surface area (Å²) in [6.45, 7) is 7.39. The van der Waals surface area contributed by atoms with Crippen molar-refractivity contribution in [2.24, 2.45) is 5.92 Å². The summed E-state index contributed by atoms with van der Waals surface area (Å²) in [5, 5.41) is 3.29. The molecule has 0 aliphatic heterocycles. The molecule has 0 radical (unpaired) electrons. The van der Waals surface area contributed by atoms with Crippen LogP contribution < -0.4 is 5.32 Å². The first-order valence-corrected chi connectivity index (χ1v) is 5.35. The smallest absolute Gasteiger partial charge is 0.201 e. The van der Waals surface area contributed by atoms with Gasteiger partial charge in [-0.2, -0.15) is 0 Å². The van der Waals surface area contributed by atoms with E-state index in [2.05, 4.69) is 48.2 Å². The zero-order chi connectivity index (χ0) is 10.8. The Bertz CT molecular complexity index is 457. The van der Waals surface area contributed by atoms with Gasteiger partial charge in [-0.3, -0.25) is 0 Å². The maximum Gasteiger partial charge on any atom is 0.201 e. The number of hydrogen-bond donors (Lipinski definition) is 2. The van der Waals surface area contributed by atoms with E-state index < -0.39 is 0 Å². The van der Waals surface area contributed by atoms with Crippen LogP contribution in [0, 0.1) is 12.8 Å². The van der Waals surface area contributed by atoms with E-state index in [4.69, 9.17) is 0 Å². The molecule has 0 aliphatic carbocycles. The Balaban J connectivity index is 2.23. The van der Waals surface area contributed by atoms with Crippen LogP contribution in [0.2, 0.25) is 0 Å². The molecule has 1 aromatic heterocycles. The number of nitrogens with one attached hydrogen (secondary N) is 2. The number of fused-ring (bicyclic) bond motifs is 1. The lowest BCUT2D eigenvalue weighted by Crippen LogP contribution is -2.08. The van der Waals surface area contributed by atoms with Gasteiger partial charge in [-0.15, -0.1) is 0 Å². The summed E-state index contributed by atoms with van der Waals surface area (Å²) in [5.41, 5.74) is 3.37. The molecule has 2 rings (SSSR count). The molecule has 3 nitrogen and oxygen atoms in total. The average Bonchev–Trinajstić information content (AvgIpc) is 2.56. The van der Waals surface area contributed by atoms with Crippen LogP contribution in [0.15, 0.2) is 18.2 Å². The number of benzene rings is 1. The maximum atomic E-state index is 4.46. The van der Waals surface area contributed by atoms with Gasteiger partial charge in [-0.25, -0.2) is 4.98 Å². The molecule has 0 bridgehead atoms. The quantitative estimate of drug-likeness (QED) is 0.805. The third kappa shape index (κ3) is 2.29. The second-order valence-electron chi connectivity index (χ2n) is 4.38. The molecule has 3 heteroatoms. The number of anilines is 1. The number of H-pyrrole nitrogens is 1. The lowest BCUT2D eigenvalue weighted by molar-refractivity contribution is 0.686. The van der Waals surface area contributed by atoms with Crippen LogP contribution in [-0.4, -0.2) is 16.5 Å². The maximum absolute atomic E-state index is 4.46. The number of imidazole rings is 1. The molecule has 0 amide bonds. The normalized spacial score (nSPS) is 11.2. The number of aryl methyl sites for hydroxylation is 1. The Morgan fingerprint density at radius 3 is 2.93 bits per heavy atom. The molecule has 2 N–H and O–H groups in total. The largest absolute Gasteiger partial charge is 0.356 e. The van der Waals surface area contributed by atoms with E-state index in [1.807, 2.05) is 6.07 Å². The average molecular weight is 203 g/mol. The van der Waals surface area contributed by atoms with E-state index in [0.717, 1.165) is 23.5 Å². The third-order valence-corrected chi connectivity index (χ3v) is 2.32. The summed E-state index contributed by atoms with van der Waals surface area (Å²) < 4.78 is 0. The molecule has 1 aromatic carbocycles. The summed E-state index contributed by atoms with van der Waals surface area (Å²) in [5.74, 6) is 1.49. The Hall–Kier alpha value is -1.51. The number of hydrogen-bond acceptors (Lipinski definition) is 2. The fraction of sp³-hybridized carbons (Fsp3) is 0.417. The molecule has 0 spiro atoms. The first kappa shape index (κ1) is 10.0. The standard InChI is InChI=1S/C12H17N3/c1-8(2)7-13-12-14-10-5-4-9(3)6-11(10)15-12/h4-6,8H,7H2,1-3H3,(H2,13,14,15). The first-order valence-electron chi connectivity index (χ1n) is 5.35. The Labute approximate surface area is 89.9 Å². The van der Waals surface area contributed by atoms with E-state index in [1.54, 1.807) is 0 Å². The topological polar surface area (TPSA) is 40.7 Å². The Morgan fingerprint density at radius 1 is 1.40 bits per heavy atom. The van der Waals surface area contributed by atoms with Crippen molar-refractivity contribution < 1.29 is 0 Å². The molecule has 0 fully saturated rings. The van der Waals surface area contributed by atoms with Crippen LogP contribution in [0.25, 0.3) is 11.0 Å².